The Hall–Kier alpha value is -3.57. The molecule has 0 saturated heterocycles. The molecular formula is C27H26ClN3O2. The van der Waals surface area contributed by atoms with Crippen LogP contribution in [0.2, 0.25) is 5.02 Å². The lowest BCUT2D eigenvalue weighted by atomic mass is 10.0. The summed E-state index contributed by atoms with van der Waals surface area (Å²) in [5.74, 6) is -0.752. The highest BCUT2D eigenvalue weighted by molar-refractivity contribution is 6.46. The second-order valence-electron chi connectivity index (χ2n) is 7.83. The van der Waals surface area contributed by atoms with Crippen molar-refractivity contribution in [3.63, 3.8) is 0 Å². The van der Waals surface area contributed by atoms with Crippen LogP contribution in [0.25, 0.3) is 5.57 Å². The van der Waals surface area contributed by atoms with Crippen LogP contribution in [0.1, 0.15) is 25.0 Å². The van der Waals surface area contributed by atoms with Crippen molar-refractivity contribution < 1.29 is 9.59 Å². The van der Waals surface area contributed by atoms with Crippen molar-refractivity contribution in [1.82, 2.24) is 0 Å². The van der Waals surface area contributed by atoms with Gasteiger partial charge >= 0.3 is 0 Å². The predicted molar refractivity (Wildman–Crippen MR) is 136 cm³/mol. The van der Waals surface area contributed by atoms with Crippen molar-refractivity contribution in [2.24, 2.45) is 0 Å². The number of amides is 2. The fourth-order valence-corrected chi connectivity index (χ4v) is 4.19. The lowest BCUT2D eigenvalue weighted by Crippen LogP contribution is -2.32. The highest BCUT2D eigenvalue weighted by Crippen LogP contribution is 2.35. The van der Waals surface area contributed by atoms with Crippen LogP contribution >= 0.6 is 11.6 Å². The summed E-state index contributed by atoms with van der Waals surface area (Å²) in [6.45, 7) is 7.87. The predicted octanol–water partition coefficient (Wildman–Crippen LogP) is 5.89. The molecule has 1 N–H and O–H groups in total. The quantitative estimate of drug-likeness (QED) is 0.447. The van der Waals surface area contributed by atoms with Crippen LogP contribution in [0.5, 0.6) is 0 Å². The molecule has 0 unspecified atom stereocenters. The van der Waals surface area contributed by atoms with Gasteiger partial charge in [-0.05, 0) is 68.3 Å². The summed E-state index contributed by atoms with van der Waals surface area (Å²) in [6.07, 6.45) is 0. The maximum atomic E-state index is 13.6. The van der Waals surface area contributed by atoms with Gasteiger partial charge in [0.05, 0.1) is 11.3 Å². The van der Waals surface area contributed by atoms with Crippen LogP contribution in [-0.2, 0) is 9.59 Å². The van der Waals surface area contributed by atoms with E-state index in [9.17, 15) is 9.59 Å². The van der Waals surface area contributed by atoms with Gasteiger partial charge in [-0.3, -0.25) is 9.59 Å². The first-order valence-corrected chi connectivity index (χ1v) is 11.4. The van der Waals surface area contributed by atoms with Crippen molar-refractivity contribution in [2.45, 2.75) is 20.8 Å². The summed E-state index contributed by atoms with van der Waals surface area (Å²) >= 11 is 6.19. The summed E-state index contributed by atoms with van der Waals surface area (Å²) in [4.78, 5) is 30.6. The van der Waals surface area contributed by atoms with Crippen LogP contribution in [0.3, 0.4) is 0 Å². The number of nitrogens with one attached hydrogen (secondary N) is 1. The van der Waals surface area contributed by atoms with Crippen LogP contribution in [-0.4, -0.2) is 24.9 Å². The number of rotatable bonds is 7. The van der Waals surface area contributed by atoms with E-state index in [1.807, 2.05) is 67.6 Å². The molecule has 5 nitrogen and oxygen atoms in total. The molecule has 33 heavy (non-hydrogen) atoms. The van der Waals surface area contributed by atoms with Crippen LogP contribution in [0.4, 0.5) is 17.1 Å². The molecule has 0 radical (unpaired) electrons. The molecular weight excluding hydrogens is 434 g/mol. The minimum Gasteiger partial charge on any atom is -0.372 e. The fourth-order valence-electron chi connectivity index (χ4n) is 4.02. The van der Waals surface area contributed by atoms with E-state index in [2.05, 4.69) is 24.1 Å². The Morgan fingerprint density at radius 2 is 1.55 bits per heavy atom. The molecule has 1 aliphatic heterocycles. The number of benzene rings is 3. The minimum atomic E-state index is -0.395. The molecule has 3 aromatic rings. The van der Waals surface area contributed by atoms with E-state index in [1.54, 1.807) is 12.1 Å². The number of imide groups is 1. The van der Waals surface area contributed by atoms with E-state index < -0.39 is 5.91 Å². The van der Waals surface area contributed by atoms with Crippen LogP contribution in [0, 0.1) is 6.92 Å². The maximum Gasteiger partial charge on any atom is 0.282 e. The molecule has 0 aromatic heterocycles. The molecule has 6 heteroatoms. The van der Waals surface area contributed by atoms with E-state index in [1.165, 1.54) is 4.90 Å². The number of halogens is 1. The van der Waals surface area contributed by atoms with Gasteiger partial charge in [0, 0.05) is 29.5 Å². The topological polar surface area (TPSA) is 52.6 Å². The van der Waals surface area contributed by atoms with Crippen molar-refractivity contribution >= 4 is 46.1 Å². The number of aryl methyl sites for hydroxylation is 1. The number of carbonyl (C=O) groups excluding carboxylic acids is 2. The molecule has 4 rings (SSSR count). The van der Waals surface area contributed by atoms with E-state index in [-0.39, 0.29) is 11.6 Å². The van der Waals surface area contributed by atoms with Gasteiger partial charge in [-0.2, -0.15) is 0 Å². The average molecular weight is 460 g/mol. The molecule has 0 atom stereocenters. The Morgan fingerprint density at radius 3 is 2.18 bits per heavy atom. The number of nitrogens with zero attached hydrogens (tertiary/aromatic N) is 2. The fraction of sp³-hybridized carbons (Fsp3) is 0.185. The first-order valence-electron chi connectivity index (χ1n) is 11.0. The molecule has 0 bridgehead atoms. The summed E-state index contributed by atoms with van der Waals surface area (Å²) in [5.41, 5.74) is 4.45. The first-order chi connectivity index (χ1) is 15.9. The number of hydrogen-bond donors (Lipinski definition) is 1. The monoisotopic (exact) mass is 459 g/mol. The summed E-state index contributed by atoms with van der Waals surface area (Å²) in [7, 11) is 0. The molecule has 1 aliphatic rings. The van der Waals surface area contributed by atoms with E-state index in [4.69, 9.17) is 11.6 Å². The van der Waals surface area contributed by atoms with Gasteiger partial charge in [0.1, 0.15) is 5.70 Å². The standard InChI is InChI=1S/C27H26ClN3O2/c1-4-30(5-2)21-13-15-22(16-14-21)31-26(32)24(19-9-7-6-8-10-19)25(27(31)33)29-23-17-20(28)12-11-18(23)3/h6-17,29H,4-5H2,1-3H3. The Labute approximate surface area is 199 Å². The molecule has 168 valence electrons. The van der Waals surface area contributed by atoms with E-state index >= 15 is 0 Å². The van der Waals surface area contributed by atoms with Crippen molar-refractivity contribution in [2.75, 3.05) is 28.2 Å². The lowest BCUT2D eigenvalue weighted by Gasteiger charge is -2.22. The van der Waals surface area contributed by atoms with Gasteiger partial charge in [-0.1, -0.05) is 48.0 Å². The summed E-state index contributed by atoms with van der Waals surface area (Å²) in [6, 6.07) is 22.2. The van der Waals surface area contributed by atoms with Gasteiger partial charge in [0.15, 0.2) is 0 Å². The van der Waals surface area contributed by atoms with Crippen molar-refractivity contribution in [1.29, 1.82) is 0 Å². The van der Waals surface area contributed by atoms with Gasteiger partial charge in [-0.15, -0.1) is 0 Å². The number of carbonyl (C=O) groups is 2. The molecule has 0 fully saturated rings. The maximum absolute atomic E-state index is 13.6. The summed E-state index contributed by atoms with van der Waals surface area (Å²) in [5, 5.41) is 3.75. The third kappa shape index (κ3) is 4.37. The molecule has 0 saturated carbocycles. The molecule has 2 amide bonds. The van der Waals surface area contributed by atoms with Gasteiger partial charge in [-0.25, -0.2) is 4.90 Å². The Balaban J connectivity index is 1.76. The Bertz CT molecular complexity index is 1220. The summed E-state index contributed by atoms with van der Waals surface area (Å²) < 4.78 is 0. The largest absolute Gasteiger partial charge is 0.372 e. The zero-order chi connectivity index (χ0) is 23.5. The second kappa shape index (κ2) is 9.51. The SMILES string of the molecule is CCN(CC)c1ccc(N2C(=O)C(Nc3cc(Cl)ccc3C)=C(c3ccccc3)C2=O)cc1. The molecule has 3 aromatic carbocycles. The highest BCUT2D eigenvalue weighted by atomic mass is 35.5. The zero-order valence-corrected chi connectivity index (χ0v) is 19.7. The zero-order valence-electron chi connectivity index (χ0n) is 18.9. The van der Waals surface area contributed by atoms with Crippen LogP contribution < -0.4 is 15.1 Å². The molecule has 0 spiro atoms. The normalized spacial score (nSPS) is 13.6. The second-order valence-corrected chi connectivity index (χ2v) is 8.27. The molecule has 1 heterocycles. The van der Waals surface area contributed by atoms with E-state index in [0.29, 0.717) is 27.5 Å². The smallest absolute Gasteiger partial charge is 0.282 e. The van der Waals surface area contributed by atoms with Gasteiger partial charge < -0.3 is 10.2 Å². The average Bonchev–Trinajstić information content (AvgIpc) is 3.07. The number of hydrogen-bond acceptors (Lipinski definition) is 4. The third-order valence-corrected chi connectivity index (χ3v) is 6.08. The van der Waals surface area contributed by atoms with Gasteiger partial charge in [0.25, 0.3) is 11.8 Å². The third-order valence-electron chi connectivity index (χ3n) is 5.84. The Kier molecular flexibility index (Phi) is 6.52. The Morgan fingerprint density at radius 1 is 0.879 bits per heavy atom. The van der Waals surface area contributed by atoms with Crippen LogP contribution in [0.15, 0.2) is 78.5 Å². The van der Waals surface area contributed by atoms with Crippen molar-refractivity contribution in [3.05, 3.63) is 94.6 Å². The first kappa shape index (κ1) is 22.6. The minimum absolute atomic E-state index is 0.240. The molecule has 0 aliphatic carbocycles. The highest BCUT2D eigenvalue weighted by Gasteiger charge is 2.40. The van der Waals surface area contributed by atoms with Crippen molar-refractivity contribution in [3.8, 4) is 0 Å². The van der Waals surface area contributed by atoms with E-state index in [0.717, 1.165) is 24.3 Å². The number of anilines is 3. The lowest BCUT2D eigenvalue weighted by molar-refractivity contribution is -0.120. The van der Waals surface area contributed by atoms with Gasteiger partial charge in [0.2, 0.25) is 0 Å².